The average Bonchev–Trinajstić information content (AvgIpc) is 2.87. The minimum Gasteiger partial charge on any atom is -0.384 e. The Labute approximate surface area is 107 Å². The van der Waals surface area contributed by atoms with Crippen LogP contribution in [0.25, 0.3) is 0 Å². The number of thioether (sulfide) groups is 1. The van der Waals surface area contributed by atoms with Crippen molar-refractivity contribution in [1.82, 2.24) is 4.98 Å². The van der Waals surface area contributed by atoms with E-state index in [0.717, 1.165) is 5.56 Å². The summed E-state index contributed by atoms with van der Waals surface area (Å²) in [4.78, 5) is 4.05. The van der Waals surface area contributed by atoms with E-state index in [9.17, 15) is 5.11 Å². The SMILES string of the molecule is C1=CSCC1.CC(C)(O)c1cc(CN)ccn1. The van der Waals surface area contributed by atoms with Crippen molar-refractivity contribution in [3.8, 4) is 0 Å². The van der Waals surface area contributed by atoms with Crippen LogP contribution in [-0.4, -0.2) is 15.8 Å². The minimum atomic E-state index is -0.884. The molecule has 2 rings (SSSR count). The summed E-state index contributed by atoms with van der Waals surface area (Å²) in [6.45, 7) is 3.89. The summed E-state index contributed by atoms with van der Waals surface area (Å²) < 4.78 is 0. The van der Waals surface area contributed by atoms with E-state index >= 15 is 0 Å². The Morgan fingerprint density at radius 2 is 2.29 bits per heavy atom. The number of nitrogens with zero attached hydrogens (tertiary/aromatic N) is 1. The molecule has 3 N–H and O–H groups in total. The van der Waals surface area contributed by atoms with E-state index in [1.165, 1.54) is 12.2 Å². The molecule has 2 heterocycles. The first kappa shape index (κ1) is 14.2. The predicted molar refractivity (Wildman–Crippen MR) is 73.6 cm³/mol. The molecule has 0 radical (unpaired) electrons. The lowest BCUT2D eigenvalue weighted by Gasteiger charge is -2.16. The minimum absolute atomic E-state index is 0.478. The standard InChI is InChI=1S/C9H14N2O.C4H6S/c1-9(2,12)8-5-7(6-10)3-4-11-8;1-2-4-5-3-1/h3-5,12H,6,10H2,1-2H3;1,3H,2,4H2. The van der Waals surface area contributed by atoms with Crippen LogP contribution in [-0.2, 0) is 12.1 Å². The molecule has 0 atom stereocenters. The average molecular weight is 252 g/mol. The third kappa shape index (κ3) is 5.35. The van der Waals surface area contributed by atoms with Gasteiger partial charge in [0.2, 0.25) is 0 Å². The van der Waals surface area contributed by atoms with Crippen molar-refractivity contribution in [2.45, 2.75) is 32.4 Å². The van der Waals surface area contributed by atoms with Crippen LogP contribution in [0, 0.1) is 0 Å². The monoisotopic (exact) mass is 252 g/mol. The molecule has 0 spiro atoms. The fourth-order valence-electron chi connectivity index (χ4n) is 1.28. The van der Waals surface area contributed by atoms with Gasteiger partial charge in [-0.1, -0.05) is 6.08 Å². The van der Waals surface area contributed by atoms with Gasteiger partial charge < -0.3 is 10.8 Å². The van der Waals surface area contributed by atoms with Gasteiger partial charge in [-0.25, -0.2) is 0 Å². The summed E-state index contributed by atoms with van der Waals surface area (Å²) in [5, 5.41) is 11.8. The van der Waals surface area contributed by atoms with Crippen LogP contribution in [0.3, 0.4) is 0 Å². The van der Waals surface area contributed by atoms with Gasteiger partial charge in [0.25, 0.3) is 0 Å². The maximum atomic E-state index is 9.61. The molecule has 1 aromatic rings. The Kier molecular flexibility index (Phi) is 5.68. The smallest absolute Gasteiger partial charge is 0.101 e. The Balaban J connectivity index is 0.000000239. The molecule has 94 valence electrons. The molecule has 0 aromatic carbocycles. The van der Waals surface area contributed by atoms with Gasteiger partial charge >= 0.3 is 0 Å². The first-order valence-electron chi connectivity index (χ1n) is 5.68. The quantitative estimate of drug-likeness (QED) is 0.848. The first-order chi connectivity index (χ1) is 8.04. The first-order valence-corrected chi connectivity index (χ1v) is 6.73. The molecule has 17 heavy (non-hydrogen) atoms. The van der Waals surface area contributed by atoms with Gasteiger partial charge in [0, 0.05) is 18.5 Å². The molecule has 0 aliphatic carbocycles. The predicted octanol–water partition coefficient (Wildman–Crippen LogP) is 2.40. The summed E-state index contributed by atoms with van der Waals surface area (Å²) >= 11 is 1.89. The molecular formula is C13H20N2OS. The van der Waals surface area contributed by atoms with Crippen LogP contribution in [0.4, 0.5) is 0 Å². The Hall–Kier alpha value is -0.840. The molecule has 0 bridgehead atoms. The van der Waals surface area contributed by atoms with Crippen LogP contribution in [0.5, 0.6) is 0 Å². The number of rotatable bonds is 2. The molecule has 3 nitrogen and oxygen atoms in total. The Bertz CT molecular complexity index is 366. The second kappa shape index (κ2) is 6.79. The van der Waals surface area contributed by atoms with E-state index in [1.54, 1.807) is 20.0 Å². The van der Waals surface area contributed by atoms with Gasteiger partial charge in [-0.15, -0.1) is 11.8 Å². The van der Waals surface area contributed by atoms with E-state index in [2.05, 4.69) is 16.5 Å². The second-order valence-electron chi connectivity index (χ2n) is 4.34. The maximum absolute atomic E-state index is 9.61. The zero-order chi connectivity index (χ0) is 12.7. The number of pyridine rings is 1. The molecule has 0 unspecified atom stereocenters. The molecule has 0 saturated heterocycles. The lowest BCUT2D eigenvalue weighted by molar-refractivity contribution is 0.0737. The van der Waals surface area contributed by atoms with Crippen molar-refractivity contribution in [1.29, 1.82) is 0 Å². The lowest BCUT2D eigenvalue weighted by Crippen LogP contribution is -2.17. The van der Waals surface area contributed by atoms with Gasteiger partial charge in [-0.05, 0) is 43.4 Å². The highest BCUT2D eigenvalue weighted by Crippen LogP contribution is 2.17. The van der Waals surface area contributed by atoms with Gasteiger partial charge in [0.15, 0.2) is 0 Å². The number of hydrogen-bond donors (Lipinski definition) is 2. The molecular weight excluding hydrogens is 232 g/mol. The summed E-state index contributed by atoms with van der Waals surface area (Å²) in [6, 6.07) is 3.66. The highest BCUT2D eigenvalue weighted by Gasteiger charge is 2.17. The summed E-state index contributed by atoms with van der Waals surface area (Å²) in [6.07, 6.45) is 5.14. The van der Waals surface area contributed by atoms with Gasteiger partial charge in [0.05, 0.1) is 5.69 Å². The van der Waals surface area contributed by atoms with E-state index in [4.69, 9.17) is 5.73 Å². The molecule has 0 saturated carbocycles. The fourth-order valence-corrected chi connectivity index (χ4v) is 1.96. The largest absolute Gasteiger partial charge is 0.384 e. The number of allylic oxidation sites excluding steroid dienone is 1. The van der Waals surface area contributed by atoms with Crippen molar-refractivity contribution in [3.05, 3.63) is 41.1 Å². The highest BCUT2D eigenvalue weighted by molar-refractivity contribution is 8.02. The van der Waals surface area contributed by atoms with Crippen molar-refractivity contribution < 1.29 is 5.11 Å². The summed E-state index contributed by atoms with van der Waals surface area (Å²) in [5.74, 6) is 1.31. The van der Waals surface area contributed by atoms with Gasteiger partial charge in [-0.3, -0.25) is 4.98 Å². The fraction of sp³-hybridized carbons (Fsp3) is 0.462. The normalized spacial score (nSPS) is 14.4. The van der Waals surface area contributed by atoms with E-state index in [-0.39, 0.29) is 0 Å². The van der Waals surface area contributed by atoms with E-state index < -0.39 is 5.60 Å². The highest BCUT2D eigenvalue weighted by atomic mass is 32.2. The van der Waals surface area contributed by atoms with Gasteiger partial charge in [-0.2, -0.15) is 0 Å². The van der Waals surface area contributed by atoms with Crippen molar-refractivity contribution in [2.75, 3.05) is 5.75 Å². The second-order valence-corrected chi connectivity index (χ2v) is 5.36. The zero-order valence-corrected chi connectivity index (χ0v) is 11.2. The molecule has 1 aliphatic rings. The third-order valence-electron chi connectivity index (χ3n) is 2.28. The maximum Gasteiger partial charge on any atom is 0.101 e. The molecule has 4 heteroatoms. The van der Waals surface area contributed by atoms with Crippen LogP contribution in [0.15, 0.2) is 29.8 Å². The van der Waals surface area contributed by atoms with Gasteiger partial charge in [0.1, 0.15) is 5.60 Å². The lowest BCUT2D eigenvalue weighted by atomic mass is 10.0. The summed E-state index contributed by atoms with van der Waals surface area (Å²) in [7, 11) is 0. The third-order valence-corrected chi connectivity index (χ3v) is 3.14. The molecule has 1 aromatic heterocycles. The van der Waals surface area contributed by atoms with E-state index in [1.807, 2.05) is 23.9 Å². The van der Waals surface area contributed by atoms with E-state index in [0.29, 0.717) is 12.2 Å². The topological polar surface area (TPSA) is 59.1 Å². The molecule has 0 fully saturated rings. The van der Waals surface area contributed by atoms with Crippen LogP contribution < -0.4 is 5.73 Å². The number of aliphatic hydroxyl groups is 1. The number of aromatic nitrogens is 1. The Morgan fingerprint density at radius 3 is 2.71 bits per heavy atom. The van der Waals surface area contributed by atoms with Crippen molar-refractivity contribution in [3.63, 3.8) is 0 Å². The molecule has 1 aliphatic heterocycles. The van der Waals surface area contributed by atoms with Crippen LogP contribution in [0.1, 0.15) is 31.5 Å². The number of nitrogens with two attached hydrogens (primary N) is 1. The van der Waals surface area contributed by atoms with Crippen molar-refractivity contribution in [2.24, 2.45) is 5.73 Å². The Morgan fingerprint density at radius 1 is 1.53 bits per heavy atom. The van der Waals surface area contributed by atoms with Crippen molar-refractivity contribution >= 4 is 11.8 Å². The van der Waals surface area contributed by atoms with Crippen LogP contribution in [0.2, 0.25) is 0 Å². The van der Waals surface area contributed by atoms with Crippen LogP contribution >= 0.6 is 11.8 Å². The molecule has 0 amide bonds. The number of hydrogen-bond acceptors (Lipinski definition) is 4. The zero-order valence-electron chi connectivity index (χ0n) is 10.4. The summed E-state index contributed by atoms with van der Waals surface area (Å²) in [5.41, 5.74) is 6.21.